The Labute approximate surface area is 93.1 Å². The molecule has 0 aliphatic carbocycles. The van der Waals surface area contributed by atoms with Gasteiger partial charge in [-0.15, -0.1) is 6.58 Å². The van der Waals surface area contributed by atoms with Crippen molar-refractivity contribution in [1.29, 1.82) is 0 Å². The molecule has 2 heterocycles. The quantitative estimate of drug-likeness (QED) is 0.702. The molecule has 4 atom stereocenters. The van der Waals surface area contributed by atoms with Gasteiger partial charge in [-0.1, -0.05) is 12.5 Å². The van der Waals surface area contributed by atoms with Gasteiger partial charge in [0.05, 0.1) is 12.2 Å². The minimum atomic E-state index is 0.526. The predicted octanol–water partition coefficient (Wildman–Crippen LogP) is 2.50. The van der Waals surface area contributed by atoms with Gasteiger partial charge in [0.15, 0.2) is 0 Å². The first-order valence-corrected chi connectivity index (χ1v) is 6.24. The maximum atomic E-state index is 5.92. The summed E-state index contributed by atoms with van der Waals surface area (Å²) >= 11 is 0. The third-order valence-electron chi connectivity index (χ3n) is 3.70. The lowest BCUT2D eigenvalue weighted by Crippen LogP contribution is -2.40. The summed E-state index contributed by atoms with van der Waals surface area (Å²) in [6.45, 7) is 9.38. The molecule has 2 fully saturated rings. The van der Waals surface area contributed by atoms with E-state index >= 15 is 0 Å². The average molecular weight is 209 g/mol. The van der Waals surface area contributed by atoms with E-state index in [1.165, 1.54) is 24.8 Å². The van der Waals surface area contributed by atoms with Crippen LogP contribution in [0.15, 0.2) is 12.2 Å². The lowest BCUT2D eigenvalue weighted by Gasteiger charge is -2.29. The molecular formula is C13H23NO. The predicted molar refractivity (Wildman–Crippen MR) is 62.9 cm³/mol. The lowest BCUT2D eigenvalue weighted by atomic mass is 9.81. The molecule has 0 spiro atoms. The lowest BCUT2D eigenvalue weighted by molar-refractivity contribution is 0.0858. The van der Waals surface area contributed by atoms with E-state index in [-0.39, 0.29) is 0 Å². The highest BCUT2D eigenvalue weighted by atomic mass is 16.5. The van der Waals surface area contributed by atoms with E-state index in [1.54, 1.807) is 0 Å². The van der Waals surface area contributed by atoms with Crippen molar-refractivity contribution in [2.45, 2.75) is 57.8 Å². The van der Waals surface area contributed by atoms with Crippen LogP contribution in [0.1, 0.15) is 39.5 Å². The SMILES string of the molecule is C=C(C)CC(NCC)C1CC2CCC1O2. The number of hydrogen-bond acceptors (Lipinski definition) is 2. The Morgan fingerprint density at radius 2 is 2.33 bits per heavy atom. The first kappa shape index (κ1) is 11.2. The zero-order valence-corrected chi connectivity index (χ0v) is 9.96. The molecule has 2 rings (SSSR count). The van der Waals surface area contributed by atoms with Crippen LogP contribution in [-0.2, 0) is 4.74 Å². The van der Waals surface area contributed by atoms with Crippen molar-refractivity contribution in [3.05, 3.63) is 12.2 Å². The third-order valence-corrected chi connectivity index (χ3v) is 3.70. The van der Waals surface area contributed by atoms with Gasteiger partial charge in [0.2, 0.25) is 0 Å². The van der Waals surface area contributed by atoms with Crippen molar-refractivity contribution in [2.75, 3.05) is 6.54 Å². The van der Waals surface area contributed by atoms with Crippen molar-refractivity contribution in [1.82, 2.24) is 5.32 Å². The molecule has 2 bridgehead atoms. The first-order chi connectivity index (χ1) is 7.20. The average Bonchev–Trinajstić information content (AvgIpc) is 2.77. The standard InChI is InChI=1S/C13H23NO/c1-4-14-12(7-9(2)3)11-8-10-5-6-13(11)15-10/h10-14H,2,4-8H2,1,3H3. The van der Waals surface area contributed by atoms with Gasteiger partial charge in [0.25, 0.3) is 0 Å². The van der Waals surface area contributed by atoms with Gasteiger partial charge in [0, 0.05) is 12.0 Å². The monoisotopic (exact) mass is 209 g/mol. The molecule has 0 amide bonds. The molecule has 2 nitrogen and oxygen atoms in total. The van der Waals surface area contributed by atoms with Crippen LogP contribution in [0, 0.1) is 5.92 Å². The normalized spacial score (nSPS) is 35.7. The van der Waals surface area contributed by atoms with Crippen molar-refractivity contribution < 1.29 is 4.74 Å². The largest absolute Gasteiger partial charge is 0.375 e. The zero-order chi connectivity index (χ0) is 10.8. The van der Waals surface area contributed by atoms with Gasteiger partial charge in [0.1, 0.15) is 0 Å². The summed E-state index contributed by atoms with van der Waals surface area (Å²) in [6, 6.07) is 0.586. The second-order valence-corrected chi connectivity index (χ2v) is 5.10. The highest BCUT2D eigenvalue weighted by Gasteiger charge is 2.43. The molecule has 2 aliphatic heterocycles. The molecule has 2 saturated heterocycles. The summed E-state index contributed by atoms with van der Waals surface area (Å²) < 4.78 is 5.92. The Hall–Kier alpha value is -0.340. The van der Waals surface area contributed by atoms with E-state index < -0.39 is 0 Å². The van der Waals surface area contributed by atoms with Crippen molar-refractivity contribution >= 4 is 0 Å². The van der Waals surface area contributed by atoms with Crippen LogP contribution in [0.3, 0.4) is 0 Å². The molecule has 86 valence electrons. The van der Waals surface area contributed by atoms with Crippen LogP contribution in [0.5, 0.6) is 0 Å². The molecule has 0 aromatic heterocycles. The highest BCUT2D eigenvalue weighted by molar-refractivity contribution is 5.01. The fourth-order valence-corrected chi connectivity index (χ4v) is 3.11. The van der Waals surface area contributed by atoms with Gasteiger partial charge in [-0.3, -0.25) is 0 Å². The maximum absolute atomic E-state index is 5.92. The molecule has 0 saturated carbocycles. The van der Waals surface area contributed by atoms with Crippen molar-refractivity contribution in [3.63, 3.8) is 0 Å². The van der Waals surface area contributed by atoms with Crippen LogP contribution in [0.25, 0.3) is 0 Å². The van der Waals surface area contributed by atoms with Gasteiger partial charge >= 0.3 is 0 Å². The number of ether oxygens (including phenoxy) is 1. The van der Waals surface area contributed by atoms with E-state index in [0.29, 0.717) is 18.2 Å². The summed E-state index contributed by atoms with van der Waals surface area (Å²) in [6.07, 6.45) is 6.01. The Bertz CT molecular complexity index is 239. The topological polar surface area (TPSA) is 21.3 Å². The van der Waals surface area contributed by atoms with Crippen LogP contribution >= 0.6 is 0 Å². The van der Waals surface area contributed by atoms with Crippen LogP contribution in [0.4, 0.5) is 0 Å². The third kappa shape index (κ3) is 2.43. The molecule has 0 aromatic carbocycles. The van der Waals surface area contributed by atoms with Gasteiger partial charge in [-0.2, -0.15) is 0 Å². The van der Waals surface area contributed by atoms with E-state index in [2.05, 4.69) is 25.7 Å². The van der Waals surface area contributed by atoms with Crippen LogP contribution in [0.2, 0.25) is 0 Å². The van der Waals surface area contributed by atoms with Crippen molar-refractivity contribution in [3.8, 4) is 0 Å². The summed E-state index contributed by atoms with van der Waals surface area (Å²) in [4.78, 5) is 0. The molecular weight excluding hydrogens is 186 g/mol. The second kappa shape index (κ2) is 4.67. The van der Waals surface area contributed by atoms with E-state index in [9.17, 15) is 0 Å². The second-order valence-electron chi connectivity index (χ2n) is 5.10. The highest BCUT2D eigenvalue weighted by Crippen LogP contribution is 2.41. The molecule has 4 unspecified atom stereocenters. The summed E-state index contributed by atoms with van der Waals surface area (Å²) in [7, 11) is 0. The van der Waals surface area contributed by atoms with Crippen LogP contribution in [-0.4, -0.2) is 24.8 Å². The molecule has 0 aromatic rings. The summed E-state index contributed by atoms with van der Waals surface area (Å²) in [5, 5.41) is 3.60. The molecule has 0 radical (unpaired) electrons. The fourth-order valence-electron chi connectivity index (χ4n) is 3.11. The number of rotatable bonds is 5. The van der Waals surface area contributed by atoms with Crippen LogP contribution < -0.4 is 5.32 Å². The van der Waals surface area contributed by atoms with Gasteiger partial charge < -0.3 is 10.1 Å². The van der Waals surface area contributed by atoms with Crippen molar-refractivity contribution in [2.24, 2.45) is 5.92 Å². The molecule has 1 N–H and O–H groups in total. The Morgan fingerprint density at radius 1 is 1.53 bits per heavy atom. The first-order valence-electron chi connectivity index (χ1n) is 6.24. The number of nitrogens with one attached hydrogen (secondary N) is 1. The Kier molecular flexibility index (Phi) is 3.47. The summed E-state index contributed by atoms with van der Waals surface area (Å²) in [5.41, 5.74) is 1.28. The van der Waals surface area contributed by atoms with E-state index in [4.69, 9.17) is 4.74 Å². The molecule has 15 heavy (non-hydrogen) atoms. The fraction of sp³-hybridized carbons (Fsp3) is 0.846. The van der Waals surface area contributed by atoms with Gasteiger partial charge in [-0.25, -0.2) is 0 Å². The van der Waals surface area contributed by atoms with E-state index in [1.807, 2.05) is 0 Å². The minimum Gasteiger partial charge on any atom is -0.375 e. The minimum absolute atomic E-state index is 0.526. The Morgan fingerprint density at radius 3 is 2.80 bits per heavy atom. The smallest absolute Gasteiger partial charge is 0.0623 e. The van der Waals surface area contributed by atoms with E-state index in [0.717, 1.165) is 18.9 Å². The number of hydrogen-bond donors (Lipinski definition) is 1. The molecule has 2 aliphatic rings. The molecule has 2 heteroatoms. The summed E-state index contributed by atoms with van der Waals surface area (Å²) in [5.74, 6) is 0.723. The number of fused-ring (bicyclic) bond motifs is 2. The Balaban J connectivity index is 1.95. The maximum Gasteiger partial charge on any atom is 0.0623 e. The van der Waals surface area contributed by atoms with Gasteiger partial charge in [-0.05, 0) is 39.2 Å². The zero-order valence-electron chi connectivity index (χ0n) is 9.96.